The molecule has 1 aliphatic heterocycles. The molecule has 5 rings (SSSR count). The number of carbonyl (C=O) groups is 1. The van der Waals surface area contributed by atoms with Crippen LogP contribution in [0.5, 0.6) is 0 Å². The monoisotopic (exact) mass is 413 g/mol. The minimum atomic E-state index is 0.147. The Kier molecular flexibility index (Phi) is 4.85. The Morgan fingerprint density at radius 2 is 1.80 bits per heavy atom. The lowest BCUT2D eigenvalue weighted by atomic mass is 9.47. The summed E-state index contributed by atoms with van der Waals surface area (Å²) in [4.78, 5) is 18.9. The van der Waals surface area contributed by atoms with E-state index < -0.39 is 0 Å². The van der Waals surface area contributed by atoms with Crippen molar-refractivity contribution in [3.63, 3.8) is 0 Å². The highest BCUT2D eigenvalue weighted by Gasteiger charge is 2.64. The summed E-state index contributed by atoms with van der Waals surface area (Å²) in [5.41, 5.74) is 2.67. The fourth-order valence-electron chi connectivity index (χ4n) is 9.25. The van der Waals surface area contributed by atoms with Crippen molar-refractivity contribution in [3.8, 4) is 0 Å². The van der Waals surface area contributed by atoms with Gasteiger partial charge in [0.25, 0.3) is 0 Å². The average Bonchev–Trinajstić information content (AvgIpc) is 3.20. The van der Waals surface area contributed by atoms with Crippen LogP contribution in [0.25, 0.3) is 0 Å². The van der Waals surface area contributed by atoms with E-state index in [0.29, 0.717) is 16.9 Å². The maximum atomic E-state index is 12.5. The van der Waals surface area contributed by atoms with E-state index in [1.54, 1.807) is 10.5 Å². The van der Waals surface area contributed by atoms with Crippen molar-refractivity contribution in [2.75, 3.05) is 34.7 Å². The Morgan fingerprint density at radius 1 is 1.07 bits per heavy atom. The predicted molar refractivity (Wildman–Crippen MR) is 122 cm³/mol. The Bertz CT molecular complexity index is 747. The number of carbonyl (C=O) groups excluding carboxylic acids is 1. The molecule has 2 amide bonds. The molecule has 1 saturated heterocycles. The van der Waals surface area contributed by atoms with Crippen LogP contribution in [0.2, 0.25) is 0 Å². The van der Waals surface area contributed by atoms with Gasteiger partial charge in [0.1, 0.15) is 0 Å². The van der Waals surface area contributed by atoms with Crippen LogP contribution in [0.3, 0.4) is 0 Å². The number of likely N-dealkylation sites (tertiary alicyclic amines) is 1. The quantitative estimate of drug-likeness (QED) is 0.574. The van der Waals surface area contributed by atoms with Crippen molar-refractivity contribution in [2.24, 2.45) is 34.5 Å². The van der Waals surface area contributed by atoms with Crippen LogP contribution in [0, 0.1) is 34.5 Å². The summed E-state index contributed by atoms with van der Waals surface area (Å²) < 4.78 is 0. The number of nitrogens with zero attached hydrogens (tertiary/aromatic N) is 3. The highest BCUT2D eigenvalue weighted by atomic mass is 16.2. The van der Waals surface area contributed by atoms with E-state index in [0.717, 1.165) is 42.6 Å². The Labute approximate surface area is 184 Å². The molecule has 1 heterocycles. The van der Waals surface area contributed by atoms with Gasteiger partial charge in [0, 0.05) is 39.8 Å². The molecule has 0 bridgehead atoms. The summed E-state index contributed by atoms with van der Waals surface area (Å²) in [6.07, 6.45) is 13.3. The largest absolute Gasteiger partial charge is 0.331 e. The number of urea groups is 1. The first-order valence-electron chi connectivity index (χ1n) is 12.5. The normalized spacial score (nSPS) is 47.6. The molecule has 0 aromatic heterocycles. The molecule has 0 aromatic rings. The summed E-state index contributed by atoms with van der Waals surface area (Å²) in [6, 6.07) is 1.29. The molecule has 4 fully saturated rings. The van der Waals surface area contributed by atoms with Gasteiger partial charge in [-0.15, -0.1) is 0 Å². The van der Waals surface area contributed by atoms with E-state index in [1.807, 2.05) is 26.0 Å². The molecule has 168 valence electrons. The van der Waals surface area contributed by atoms with Gasteiger partial charge in [-0.1, -0.05) is 18.6 Å². The summed E-state index contributed by atoms with van der Waals surface area (Å²) in [6.45, 7) is 6.42. The van der Waals surface area contributed by atoms with Gasteiger partial charge in [-0.3, -0.25) is 0 Å². The third-order valence-corrected chi connectivity index (χ3v) is 10.9. The number of fused-ring (bicyclic) bond motifs is 4. The zero-order chi connectivity index (χ0) is 21.4. The predicted octanol–water partition coefficient (Wildman–Crippen LogP) is 4.86. The minimum absolute atomic E-state index is 0.147. The molecule has 30 heavy (non-hydrogen) atoms. The molecule has 3 saturated carbocycles. The van der Waals surface area contributed by atoms with Crippen LogP contribution in [-0.4, -0.2) is 67.5 Å². The van der Waals surface area contributed by atoms with E-state index in [9.17, 15) is 4.79 Å². The lowest BCUT2D eigenvalue weighted by molar-refractivity contribution is -0.0428. The lowest BCUT2D eigenvalue weighted by Crippen LogP contribution is -2.53. The van der Waals surface area contributed by atoms with Crippen LogP contribution < -0.4 is 0 Å². The fraction of sp³-hybridized carbons (Fsp3) is 0.885. The molecule has 0 radical (unpaired) electrons. The van der Waals surface area contributed by atoms with Crippen LogP contribution in [0.1, 0.15) is 65.2 Å². The van der Waals surface area contributed by atoms with E-state index in [-0.39, 0.29) is 6.03 Å². The molecule has 1 spiro atoms. The lowest BCUT2D eigenvalue weighted by Gasteiger charge is -2.58. The van der Waals surface area contributed by atoms with Crippen molar-refractivity contribution in [1.29, 1.82) is 0 Å². The Balaban J connectivity index is 1.38. The molecular weight excluding hydrogens is 370 g/mol. The topological polar surface area (TPSA) is 26.8 Å². The summed E-state index contributed by atoms with van der Waals surface area (Å²) >= 11 is 0. The third-order valence-electron chi connectivity index (χ3n) is 10.9. The van der Waals surface area contributed by atoms with Crippen molar-refractivity contribution in [3.05, 3.63) is 11.6 Å². The number of amides is 2. The zero-order valence-electron chi connectivity index (χ0n) is 20.2. The molecule has 4 heteroatoms. The van der Waals surface area contributed by atoms with Crippen LogP contribution in [0.4, 0.5) is 4.79 Å². The molecule has 4 aliphatic carbocycles. The fourth-order valence-corrected chi connectivity index (χ4v) is 9.25. The second kappa shape index (κ2) is 6.98. The van der Waals surface area contributed by atoms with Gasteiger partial charge in [-0.25, -0.2) is 4.79 Å². The third kappa shape index (κ3) is 2.71. The highest BCUT2D eigenvalue weighted by Crippen LogP contribution is 2.68. The number of allylic oxidation sites excluding steroid dienone is 1. The maximum Gasteiger partial charge on any atom is 0.319 e. The molecule has 0 N–H and O–H groups in total. The first-order chi connectivity index (χ1) is 14.2. The van der Waals surface area contributed by atoms with Crippen molar-refractivity contribution < 1.29 is 4.79 Å². The molecule has 2 unspecified atom stereocenters. The minimum Gasteiger partial charge on any atom is -0.331 e. The van der Waals surface area contributed by atoms with Gasteiger partial charge in [-0.05, 0) is 99.8 Å². The Hall–Kier alpha value is -1.03. The van der Waals surface area contributed by atoms with Crippen molar-refractivity contribution in [1.82, 2.24) is 14.7 Å². The van der Waals surface area contributed by atoms with Gasteiger partial charge in [0.15, 0.2) is 0 Å². The summed E-state index contributed by atoms with van der Waals surface area (Å²) in [5.74, 6) is 3.64. The van der Waals surface area contributed by atoms with Gasteiger partial charge < -0.3 is 14.7 Å². The first-order valence-corrected chi connectivity index (χ1v) is 12.5. The molecule has 0 aromatic carbocycles. The van der Waals surface area contributed by atoms with Crippen LogP contribution in [0.15, 0.2) is 11.6 Å². The van der Waals surface area contributed by atoms with Gasteiger partial charge in [0.2, 0.25) is 0 Å². The molecule has 4 nitrogen and oxygen atoms in total. The maximum absolute atomic E-state index is 12.5. The van der Waals surface area contributed by atoms with Crippen molar-refractivity contribution >= 4 is 6.03 Å². The number of rotatable bonds is 1. The summed E-state index contributed by atoms with van der Waals surface area (Å²) in [7, 11) is 8.10. The van der Waals surface area contributed by atoms with E-state index >= 15 is 0 Å². The first kappa shape index (κ1) is 20.8. The average molecular weight is 414 g/mol. The van der Waals surface area contributed by atoms with Gasteiger partial charge in [-0.2, -0.15) is 0 Å². The van der Waals surface area contributed by atoms with E-state index in [4.69, 9.17) is 0 Å². The molecular formula is C26H43N3O. The number of hydrogen-bond acceptors (Lipinski definition) is 2. The SMILES string of the molecule is C[C@H]1[C@H]2CCC3[C@@H]4CC=C5C[C@@H](N(C)C(=O)N(C)C)CC[C@]5(C)C4CC[C@@]32CN1C. The van der Waals surface area contributed by atoms with Gasteiger partial charge >= 0.3 is 6.03 Å². The smallest absolute Gasteiger partial charge is 0.319 e. The highest BCUT2D eigenvalue weighted by molar-refractivity contribution is 5.73. The second-order valence-corrected chi connectivity index (χ2v) is 12.1. The van der Waals surface area contributed by atoms with E-state index in [2.05, 4.69) is 31.9 Å². The second-order valence-electron chi connectivity index (χ2n) is 12.1. The van der Waals surface area contributed by atoms with Crippen LogP contribution >= 0.6 is 0 Å². The molecule has 8 atom stereocenters. The molecule has 5 aliphatic rings. The zero-order valence-corrected chi connectivity index (χ0v) is 20.2. The van der Waals surface area contributed by atoms with Crippen molar-refractivity contribution in [2.45, 2.75) is 77.3 Å². The van der Waals surface area contributed by atoms with Gasteiger partial charge in [0.05, 0.1) is 0 Å². The Morgan fingerprint density at radius 3 is 2.53 bits per heavy atom. The standard InChI is InChI=1S/C26H43N3O/c1-17-21-9-10-23-20-8-7-18-15-19(29(6)24(30)27(3)4)11-13-25(18,2)22(20)12-14-26(21,23)16-28(17)5/h7,17,19-23H,8-16H2,1-6H3/t17-,19-,20+,21+,22?,23?,25-,26-/m0/s1. The van der Waals surface area contributed by atoms with E-state index in [1.165, 1.54) is 45.1 Å². The number of hydrogen-bond donors (Lipinski definition) is 0. The van der Waals surface area contributed by atoms with Crippen LogP contribution in [-0.2, 0) is 0 Å². The summed E-state index contributed by atoms with van der Waals surface area (Å²) in [5, 5.41) is 0.